The Bertz CT molecular complexity index is 292. The number of carbonyl (C=O) groups is 1. The number of esters is 1. The van der Waals surface area contributed by atoms with Gasteiger partial charge in [-0.2, -0.15) is 0 Å². The van der Waals surface area contributed by atoms with Crippen molar-refractivity contribution in [3.63, 3.8) is 0 Å². The first-order valence-electron chi connectivity index (χ1n) is 10.3. The minimum Gasteiger partial charge on any atom is -0.462 e. The summed E-state index contributed by atoms with van der Waals surface area (Å²) < 4.78 is 5.82. The molecule has 0 aliphatic carbocycles. The van der Waals surface area contributed by atoms with Crippen molar-refractivity contribution >= 4 is 21.9 Å². The molecule has 0 spiro atoms. The molecule has 2 unspecified atom stereocenters. The van der Waals surface area contributed by atoms with E-state index in [1.165, 1.54) is 44.9 Å². The maximum atomic E-state index is 12.1. The third-order valence-corrected chi connectivity index (χ3v) is 5.30. The number of ether oxygens (including phenoxy) is 1. The Morgan fingerprint density at radius 1 is 0.958 bits per heavy atom. The monoisotopic (exact) mass is 404 g/mol. The van der Waals surface area contributed by atoms with Crippen LogP contribution in [0.2, 0.25) is 0 Å². The van der Waals surface area contributed by atoms with E-state index in [9.17, 15) is 4.79 Å². The summed E-state index contributed by atoms with van der Waals surface area (Å²) in [7, 11) is 0. The molecular weight excluding hydrogens is 364 g/mol. The number of rotatable bonds is 16. The predicted molar refractivity (Wildman–Crippen MR) is 109 cm³/mol. The van der Waals surface area contributed by atoms with E-state index in [0.717, 1.165) is 36.9 Å². The summed E-state index contributed by atoms with van der Waals surface area (Å²) in [4.78, 5) is 12.1. The fourth-order valence-corrected chi connectivity index (χ4v) is 3.58. The Hall–Kier alpha value is -0.0500. The van der Waals surface area contributed by atoms with Gasteiger partial charge < -0.3 is 4.74 Å². The number of carbonyl (C=O) groups excluding carboxylic acids is 1. The number of hydrogen-bond acceptors (Lipinski definition) is 2. The van der Waals surface area contributed by atoms with E-state index in [1.807, 2.05) is 0 Å². The third-order valence-electron chi connectivity index (χ3n) is 4.74. The molecule has 0 saturated carbocycles. The van der Waals surface area contributed by atoms with Crippen molar-refractivity contribution in [2.45, 2.75) is 111 Å². The van der Waals surface area contributed by atoms with Crippen molar-refractivity contribution in [1.82, 2.24) is 0 Å². The van der Waals surface area contributed by atoms with E-state index in [2.05, 4.69) is 43.6 Å². The predicted octanol–water partition coefficient (Wildman–Crippen LogP) is 7.29. The van der Waals surface area contributed by atoms with Gasteiger partial charge >= 0.3 is 5.97 Å². The standard InChI is InChI=1S/C21H41BrO2/c1-5-7-12-19(6-2)14-15-20(17-18(3)4)24-21(23)13-10-8-9-11-16-22/h18-20H,5-17H2,1-4H3. The average Bonchev–Trinajstić information content (AvgIpc) is 2.54. The molecule has 0 rings (SSSR count). The van der Waals surface area contributed by atoms with E-state index >= 15 is 0 Å². The van der Waals surface area contributed by atoms with Crippen molar-refractivity contribution < 1.29 is 9.53 Å². The Balaban J connectivity index is 4.17. The van der Waals surface area contributed by atoms with Crippen LogP contribution in [0.4, 0.5) is 0 Å². The summed E-state index contributed by atoms with van der Waals surface area (Å²) in [6.45, 7) is 8.98. The molecule has 0 aromatic heterocycles. The maximum absolute atomic E-state index is 12.1. The zero-order valence-corrected chi connectivity index (χ0v) is 18.2. The van der Waals surface area contributed by atoms with Gasteiger partial charge in [0, 0.05) is 11.8 Å². The smallest absolute Gasteiger partial charge is 0.306 e. The van der Waals surface area contributed by atoms with Gasteiger partial charge in [0.1, 0.15) is 6.10 Å². The molecule has 2 atom stereocenters. The van der Waals surface area contributed by atoms with E-state index in [1.54, 1.807) is 0 Å². The van der Waals surface area contributed by atoms with Crippen LogP contribution in [0.1, 0.15) is 105 Å². The van der Waals surface area contributed by atoms with Gasteiger partial charge in [-0.15, -0.1) is 0 Å². The summed E-state index contributed by atoms with van der Waals surface area (Å²) >= 11 is 3.44. The summed E-state index contributed by atoms with van der Waals surface area (Å²) in [5.41, 5.74) is 0. The lowest BCUT2D eigenvalue weighted by Crippen LogP contribution is -2.21. The Labute approximate surface area is 159 Å². The average molecular weight is 405 g/mol. The first-order valence-corrected chi connectivity index (χ1v) is 11.4. The van der Waals surface area contributed by atoms with Gasteiger partial charge in [0.15, 0.2) is 0 Å². The molecule has 144 valence electrons. The number of halogens is 1. The summed E-state index contributed by atoms with van der Waals surface area (Å²) in [5.74, 6) is 1.39. The van der Waals surface area contributed by atoms with E-state index in [-0.39, 0.29) is 12.1 Å². The zero-order chi connectivity index (χ0) is 18.2. The molecular formula is C21H41BrO2. The summed E-state index contributed by atoms with van der Waals surface area (Å²) in [5, 5.41) is 1.06. The lowest BCUT2D eigenvalue weighted by molar-refractivity contribution is -0.150. The maximum Gasteiger partial charge on any atom is 0.306 e. The van der Waals surface area contributed by atoms with Gasteiger partial charge in [-0.1, -0.05) is 82.1 Å². The van der Waals surface area contributed by atoms with Crippen LogP contribution in [-0.2, 0) is 9.53 Å². The van der Waals surface area contributed by atoms with Crippen LogP contribution in [0.25, 0.3) is 0 Å². The fraction of sp³-hybridized carbons (Fsp3) is 0.952. The molecule has 0 fully saturated rings. The molecule has 3 heteroatoms. The highest BCUT2D eigenvalue weighted by atomic mass is 79.9. The molecule has 2 nitrogen and oxygen atoms in total. The molecule has 24 heavy (non-hydrogen) atoms. The van der Waals surface area contributed by atoms with Gasteiger partial charge in [-0.3, -0.25) is 4.79 Å². The lowest BCUT2D eigenvalue weighted by atomic mass is 9.91. The van der Waals surface area contributed by atoms with Crippen molar-refractivity contribution in [3.8, 4) is 0 Å². The van der Waals surface area contributed by atoms with E-state index in [4.69, 9.17) is 4.74 Å². The molecule has 0 aromatic carbocycles. The second kappa shape index (κ2) is 16.4. The van der Waals surface area contributed by atoms with E-state index < -0.39 is 0 Å². The van der Waals surface area contributed by atoms with Crippen molar-refractivity contribution in [3.05, 3.63) is 0 Å². The highest BCUT2D eigenvalue weighted by Gasteiger charge is 2.18. The van der Waals surface area contributed by atoms with Crippen LogP contribution in [0.15, 0.2) is 0 Å². The molecule has 0 aromatic rings. The molecule has 0 bridgehead atoms. The van der Waals surface area contributed by atoms with Crippen molar-refractivity contribution in [1.29, 1.82) is 0 Å². The van der Waals surface area contributed by atoms with Gasteiger partial charge in [-0.05, 0) is 43.9 Å². The fourth-order valence-electron chi connectivity index (χ4n) is 3.18. The van der Waals surface area contributed by atoms with Gasteiger partial charge in [0.05, 0.1) is 0 Å². The summed E-state index contributed by atoms with van der Waals surface area (Å²) in [6.07, 6.45) is 13.6. The third kappa shape index (κ3) is 14.3. The SMILES string of the molecule is CCCCC(CC)CCC(CC(C)C)OC(=O)CCCCCCBr. The Morgan fingerprint density at radius 3 is 2.25 bits per heavy atom. The van der Waals surface area contributed by atoms with Gasteiger partial charge in [0.25, 0.3) is 0 Å². The molecule has 0 amide bonds. The van der Waals surface area contributed by atoms with Crippen LogP contribution in [0.3, 0.4) is 0 Å². The highest BCUT2D eigenvalue weighted by Crippen LogP contribution is 2.23. The topological polar surface area (TPSA) is 26.3 Å². The molecule has 0 N–H and O–H groups in total. The second-order valence-corrected chi connectivity index (χ2v) is 8.38. The number of alkyl halides is 1. The van der Waals surface area contributed by atoms with Crippen LogP contribution < -0.4 is 0 Å². The summed E-state index contributed by atoms with van der Waals surface area (Å²) in [6, 6.07) is 0. The molecule has 0 heterocycles. The minimum absolute atomic E-state index is 0.0149. The molecule has 0 aliphatic heterocycles. The first kappa shape index (κ1) is 23.9. The van der Waals surface area contributed by atoms with Crippen LogP contribution in [-0.4, -0.2) is 17.4 Å². The molecule has 0 saturated heterocycles. The first-order chi connectivity index (χ1) is 11.5. The minimum atomic E-state index is 0.0149. The highest BCUT2D eigenvalue weighted by molar-refractivity contribution is 9.09. The van der Waals surface area contributed by atoms with E-state index in [0.29, 0.717) is 12.3 Å². The van der Waals surface area contributed by atoms with Gasteiger partial charge in [0.2, 0.25) is 0 Å². The van der Waals surface area contributed by atoms with Gasteiger partial charge in [-0.25, -0.2) is 0 Å². The van der Waals surface area contributed by atoms with Crippen molar-refractivity contribution in [2.75, 3.05) is 5.33 Å². The van der Waals surface area contributed by atoms with Crippen LogP contribution in [0.5, 0.6) is 0 Å². The molecule has 0 aliphatic rings. The van der Waals surface area contributed by atoms with Crippen LogP contribution >= 0.6 is 15.9 Å². The Kier molecular flexibility index (Phi) is 16.4. The number of hydrogen-bond donors (Lipinski definition) is 0. The zero-order valence-electron chi connectivity index (χ0n) is 16.6. The second-order valence-electron chi connectivity index (χ2n) is 7.59. The molecule has 0 radical (unpaired) electrons. The van der Waals surface area contributed by atoms with Crippen molar-refractivity contribution in [2.24, 2.45) is 11.8 Å². The Morgan fingerprint density at radius 2 is 1.67 bits per heavy atom. The number of unbranched alkanes of at least 4 members (excludes halogenated alkanes) is 4. The quantitative estimate of drug-likeness (QED) is 0.153. The normalized spacial score (nSPS) is 13.9. The largest absolute Gasteiger partial charge is 0.462 e. The lowest BCUT2D eigenvalue weighted by Gasteiger charge is -2.22. The van der Waals surface area contributed by atoms with Crippen LogP contribution in [0, 0.1) is 11.8 Å².